The lowest BCUT2D eigenvalue weighted by molar-refractivity contribution is -0.115. The van der Waals surface area contributed by atoms with Gasteiger partial charge >= 0.3 is 0 Å². The number of rotatable bonds is 2. The fourth-order valence-electron chi connectivity index (χ4n) is 1.75. The van der Waals surface area contributed by atoms with Crippen LogP contribution in [0.4, 0.5) is 5.69 Å². The SMILES string of the molecule is O=C(Nc1cc(Cl)ccc1Br)C1CCCCS1. The van der Waals surface area contributed by atoms with Gasteiger partial charge in [-0.05, 0) is 52.7 Å². The van der Waals surface area contributed by atoms with Crippen LogP contribution in [-0.4, -0.2) is 16.9 Å². The third kappa shape index (κ3) is 3.63. The maximum absolute atomic E-state index is 12.0. The quantitative estimate of drug-likeness (QED) is 0.872. The van der Waals surface area contributed by atoms with Crippen molar-refractivity contribution in [1.29, 1.82) is 0 Å². The van der Waals surface area contributed by atoms with E-state index in [1.165, 1.54) is 6.42 Å². The number of halogens is 2. The first-order chi connectivity index (χ1) is 8.16. The maximum atomic E-state index is 12.0. The highest BCUT2D eigenvalue weighted by molar-refractivity contribution is 9.10. The number of thioether (sulfide) groups is 1. The molecule has 0 spiro atoms. The van der Waals surface area contributed by atoms with Gasteiger partial charge in [0.15, 0.2) is 0 Å². The predicted octanol–water partition coefficient (Wildman–Crippen LogP) is 4.33. The van der Waals surface area contributed by atoms with Gasteiger partial charge in [-0.25, -0.2) is 0 Å². The first-order valence-corrected chi connectivity index (χ1v) is 7.76. The van der Waals surface area contributed by atoms with Gasteiger partial charge in [-0.15, -0.1) is 11.8 Å². The minimum atomic E-state index is 0.0784. The van der Waals surface area contributed by atoms with Crippen LogP contribution in [0.2, 0.25) is 5.02 Å². The molecule has 1 heterocycles. The van der Waals surface area contributed by atoms with Crippen molar-refractivity contribution in [2.24, 2.45) is 0 Å². The Kier molecular flexibility index (Phi) is 4.77. The number of anilines is 1. The average Bonchev–Trinajstić information content (AvgIpc) is 2.35. The van der Waals surface area contributed by atoms with Crippen molar-refractivity contribution >= 4 is 50.9 Å². The van der Waals surface area contributed by atoms with Crippen molar-refractivity contribution in [3.8, 4) is 0 Å². The normalized spacial score (nSPS) is 20.0. The van der Waals surface area contributed by atoms with E-state index in [0.29, 0.717) is 5.02 Å². The van der Waals surface area contributed by atoms with Crippen LogP contribution < -0.4 is 5.32 Å². The molecule has 1 aliphatic heterocycles. The Morgan fingerprint density at radius 3 is 3.00 bits per heavy atom. The zero-order valence-corrected chi connectivity index (χ0v) is 12.4. The first-order valence-electron chi connectivity index (χ1n) is 5.54. The summed E-state index contributed by atoms with van der Waals surface area (Å²) in [6.45, 7) is 0. The highest BCUT2D eigenvalue weighted by Crippen LogP contribution is 2.29. The van der Waals surface area contributed by atoms with E-state index in [1.807, 2.05) is 6.07 Å². The van der Waals surface area contributed by atoms with Crippen LogP contribution in [0, 0.1) is 0 Å². The predicted molar refractivity (Wildman–Crippen MR) is 77.9 cm³/mol. The number of benzene rings is 1. The number of amides is 1. The van der Waals surface area contributed by atoms with Crippen molar-refractivity contribution in [1.82, 2.24) is 0 Å². The number of nitrogens with one attached hydrogen (secondary N) is 1. The lowest BCUT2D eigenvalue weighted by Gasteiger charge is -2.20. The number of hydrogen-bond acceptors (Lipinski definition) is 2. The molecule has 1 fully saturated rings. The van der Waals surface area contributed by atoms with E-state index in [4.69, 9.17) is 11.6 Å². The Labute approximate surface area is 119 Å². The number of hydrogen-bond donors (Lipinski definition) is 1. The van der Waals surface area contributed by atoms with E-state index in [9.17, 15) is 4.79 Å². The molecule has 1 unspecified atom stereocenters. The molecule has 1 atom stereocenters. The summed E-state index contributed by atoms with van der Waals surface area (Å²) in [5, 5.41) is 3.63. The molecule has 0 bridgehead atoms. The third-order valence-electron chi connectivity index (χ3n) is 2.66. The standard InChI is InChI=1S/C12H13BrClNOS/c13-9-5-4-8(14)7-10(9)15-12(16)11-3-1-2-6-17-11/h4-5,7,11H,1-3,6H2,(H,15,16). The summed E-state index contributed by atoms with van der Waals surface area (Å²) in [4.78, 5) is 12.0. The topological polar surface area (TPSA) is 29.1 Å². The third-order valence-corrected chi connectivity index (χ3v) is 4.96. The zero-order chi connectivity index (χ0) is 12.3. The summed E-state index contributed by atoms with van der Waals surface area (Å²) in [6.07, 6.45) is 3.33. The van der Waals surface area contributed by atoms with Gasteiger partial charge in [0.05, 0.1) is 10.9 Å². The fourth-order valence-corrected chi connectivity index (χ4v) is 3.47. The molecule has 17 heavy (non-hydrogen) atoms. The van der Waals surface area contributed by atoms with Crippen LogP contribution in [-0.2, 0) is 4.79 Å². The molecule has 1 amide bonds. The Morgan fingerprint density at radius 1 is 1.47 bits per heavy atom. The summed E-state index contributed by atoms with van der Waals surface area (Å²) < 4.78 is 0.857. The summed E-state index contributed by atoms with van der Waals surface area (Å²) in [7, 11) is 0. The minimum Gasteiger partial charge on any atom is -0.324 e. The second-order valence-corrected chi connectivity index (χ2v) is 6.57. The van der Waals surface area contributed by atoms with Gasteiger partial charge in [0.25, 0.3) is 0 Å². The maximum Gasteiger partial charge on any atom is 0.237 e. The molecule has 0 saturated carbocycles. The summed E-state index contributed by atoms with van der Waals surface area (Å²) in [5.41, 5.74) is 0.744. The molecule has 1 saturated heterocycles. The number of carbonyl (C=O) groups excluding carboxylic acids is 1. The summed E-state index contributed by atoms with van der Waals surface area (Å²) in [6, 6.07) is 5.39. The van der Waals surface area contributed by atoms with Gasteiger partial charge in [-0.2, -0.15) is 0 Å². The molecular weight excluding hydrogens is 322 g/mol. The van der Waals surface area contributed by atoms with Gasteiger partial charge in [-0.3, -0.25) is 4.79 Å². The minimum absolute atomic E-state index is 0.0784. The molecule has 0 aliphatic carbocycles. The molecule has 1 aromatic rings. The molecule has 1 aromatic carbocycles. The van der Waals surface area contributed by atoms with Crippen molar-refractivity contribution in [2.45, 2.75) is 24.5 Å². The van der Waals surface area contributed by atoms with Crippen molar-refractivity contribution in [3.05, 3.63) is 27.7 Å². The van der Waals surface area contributed by atoms with Crippen LogP contribution in [0.1, 0.15) is 19.3 Å². The summed E-state index contributed by atoms with van der Waals surface area (Å²) >= 11 is 11.1. The van der Waals surface area contributed by atoms with Gasteiger partial charge in [0.1, 0.15) is 0 Å². The molecule has 92 valence electrons. The van der Waals surface area contributed by atoms with E-state index < -0.39 is 0 Å². The monoisotopic (exact) mass is 333 g/mol. The Balaban J connectivity index is 2.04. The van der Waals surface area contributed by atoms with E-state index in [1.54, 1.807) is 23.9 Å². The summed E-state index contributed by atoms with van der Waals surface area (Å²) in [5.74, 6) is 1.16. The Bertz CT molecular complexity index is 421. The van der Waals surface area contributed by atoms with Crippen molar-refractivity contribution in [2.75, 3.05) is 11.1 Å². The molecule has 1 N–H and O–H groups in total. The lowest BCUT2D eigenvalue weighted by atomic mass is 10.2. The molecule has 2 nitrogen and oxygen atoms in total. The molecule has 0 aromatic heterocycles. The molecule has 5 heteroatoms. The molecule has 2 rings (SSSR count). The fraction of sp³-hybridized carbons (Fsp3) is 0.417. The van der Waals surface area contributed by atoms with Crippen LogP contribution in [0.3, 0.4) is 0 Å². The molecule has 1 aliphatic rings. The highest BCUT2D eigenvalue weighted by Gasteiger charge is 2.22. The van der Waals surface area contributed by atoms with E-state index >= 15 is 0 Å². The van der Waals surface area contributed by atoms with E-state index in [0.717, 1.165) is 28.8 Å². The second kappa shape index (κ2) is 6.12. The van der Waals surface area contributed by atoms with E-state index in [-0.39, 0.29) is 11.2 Å². The molecular formula is C12H13BrClNOS. The Hall–Kier alpha value is -0.190. The second-order valence-electron chi connectivity index (χ2n) is 3.97. The van der Waals surface area contributed by atoms with Gasteiger partial charge < -0.3 is 5.32 Å². The van der Waals surface area contributed by atoms with Gasteiger partial charge in [0, 0.05) is 9.50 Å². The highest BCUT2D eigenvalue weighted by atomic mass is 79.9. The van der Waals surface area contributed by atoms with Crippen LogP contribution >= 0.6 is 39.3 Å². The van der Waals surface area contributed by atoms with Crippen LogP contribution in [0.25, 0.3) is 0 Å². The van der Waals surface area contributed by atoms with E-state index in [2.05, 4.69) is 21.2 Å². The Morgan fingerprint density at radius 2 is 2.29 bits per heavy atom. The zero-order valence-electron chi connectivity index (χ0n) is 9.21. The lowest BCUT2D eigenvalue weighted by Crippen LogP contribution is -2.27. The van der Waals surface area contributed by atoms with Gasteiger partial charge in [-0.1, -0.05) is 18.0 Å². The largest absolute Gasteiger partial charge is 0.324 e. The van der Waals surface area contributed by atoms with Crippen molar-refractivity contribution < 1.29 is 4.79 Å². The van der Waals surface area contributed by atoms with Crippen LogP contribution in [0.15, 0.2) is 22.7 Å². The smallest absolute Gasteiger partial charge is 0.237 e. The first kappa shape index (κ1) is 13.2. The van der Waals surface area contributed by atoms with Crippen LogP contribution in [0.5, 0.6) is 0 Å². The van der Waals surface area contributed by atoms with Gasteiger partial charge in [0.2, 0.25) is 5.91 Å². The van der Waals surface area contributed by atoms with Crippen molar-refractivity contribution in [3.63, 3.8) is 0 Å². The average molecular weight is 335 g/mol. The number of carbonyl (C=O) groups is 1. The molecule has 0 radical (unpaired) electrons.